The van der Waals surface area contributed by atoms with Crippen molar-refractivity contribution in [3.05, 3.63) is 47.8 Å². The Hall–Kier alpha value is -2.48. The summed E-state index contributed by atoms with van der Waals surface area (Å²) in [4.78, 5) is 4.19. The number of aromatic amines is 1. The molecule has 124 valence electrons. The van der Waals surface area contributed by atoms with Gasteiger partial charge in [-0.3, -0.25) is 4.68 Å². The molecule has 1 aromatic carbocycles. The zero-order chi connectivity index (χ0) is 16.6. The van der Waals surface area contributed by atoms with Crippen LogP contribution in [0.5, 0.6) is 0 Å². The quantitative estimate of drug-likeness (QED) is 0.760. The number of nitrogens with zero attached hydrogens (tertiary/aromatic N) is 4. The van der Waals surface area contributed by atoms with Crippen LogP contribution in [0.15, 0.2) is 41.8 Å². The molecule has 1 aliphatic carbocycles. The lowest BCUT2D eigenvalue weighted by molar-refractivity contribution is 0.573. The molecular weight excluding hydrogens is 326 g/mol. The number of sulfone groups is 1. The molecule has 2 heterocycles. The fourth-order valence-electron chi connectivity index (χ4n) is 2.97. The molecule has 0 bridgehead atoms. The van der Waals surface area contributed by atoms with Crippen molar-refractivity contribution in [2.45, 2.75) is 31.0 Å². The number of H-pyrrole nitrogens is 1. The van der Waals surface area contributed by atoms with E-state index in [2.05, 4.69) is 32.4 Å². The summed E-state index contributed by atoms with van der Waals surface area (Å²) in [5, 5.41) is 10.6. The van der Waals surface area contributed by atoms with Gasteiger partial charge in [0.2, 0.25) is 15.0 Å². The molecule has 3 aromatic rings. The van der Waals surface area contributed by atoms with E-state index in [0.717, 1.165) is 18.4 Å². The maximum absolute atomic E-state index is 12.4. The van der Waals surface area contributed by atoms with Crippen molar-refractivity contribution in [1.82, 2.24) is 25.0 Å². The fraction of sp³-hybridized carbons (Fsp3) is 0.312. The minimum atomic E-state index is -3.53. The second kappa shape index (κ2) is 5.86. The van der Waals surface area contributed by atoms with E-state index >= 15 is 0 Å². The van der Waals surface area contributed by atoms with Crippen LogP contribution in [0.25, 0.3) is 11.4 Å². The van der Waals surface area contributed by atoms with Crippen LogP contribution in [0.3, 0.4) is 0 Å². The Bertz CT molecular complexity index is 960. The molecule has 7 nitrogen and oxygen atoms in total. The molecule has 1 aliphatic rings. The summed E-state index contributed by atoms with van der Waals surface area (Å²) >= 11 is 0. The highest BCUT2D eigenvalue weighted by molar-refractivity contribution is 7.91. The van der Waals surface area contributed by atoms with E-state index in [9.17, 15) is 8.42 Å². The number of aryl methyl sites for hydroxylation is 3. The maximum atomic E-state index is 12.4. The lowest BCUT2D eigenvalue weighted by Gasteiger charge is -2.02. The standard InChI is InChI=1S/C16H17N5O2S/c22-24(23,10-9-21-8-2-7-17-21)16-18-15(19-20-16)14-6-5-12-3-1-4-13(12)11-14/h2,5-8,11H,1,3-4,9-10H2,(H,18,19,20). The second-order valence-electron chi connectivity index (χ2n) is 5.89. The maximum Gasteiger partial charge on any atom is 0.243 e. The molecule has 0 amide bonds. The van der Waals surface area contributed by atoms with Crippen molar-refractivity contribution in [1.29, 1.82) is 0 Å². The number of nitrogens with one attached hydrogen (secondary N) is 1. The SMILES string of the molecule is O=S(=O)(CCn1cccn1)c1nc(-c2ccc3c(c2)CCC3)n[nH]1. The zero-order valence-corrected chi connectivity index (χ0v) is 13.8. The molecule has 0 unspecified atom stereocenters. The van der Waals surface area contributed by atoms with Gasteiger partial charge in [-0.2, -0.15) is 15.2 Å². The minimum absolute atomic E-state index is 0.0759. The van der Waals surface area contributed by atoms with Crippen LogP contribution in [-0.4, -0.2) is 39.1 Å². The van der Waals surface area contributed by atoms with Gasteiger partial charge >= 0.3 is 0 Å². The summed E-state index contributed by atoms with van der Waals surface area (Å²) in [6.45, 7) is 0.282. The molecule has 0 fully saturated rings. The van der Waals surface area contributed by atoms with Crippen molar-refractivity contribution in [2.75, 3.05) is 5.75 Å². The Kier molecular flexibility index (Phi) is 3.68. The molecule has 0 saturated heterocycles. The largest absolute Gasteiger partial charge is 0.272 e. The van der Waals surface area contributed by atoms with Gasteiger partial charge in [-0.05, 0) is 42.5 Å². The average Bonchev–Trinajstić information content (AvgIpc) is 3.32. The van der Waals surface area contributed by atoms with Gasteiger partial charge in [-0.15, -0.1) is 0 Å². The van der Waals surface area contributed by atoms with E-state index in [1.165, 1.54) is 17.5 Å². The molecule has 8 heteroatoms. The lowest BCUT2D eigenvalue weighted by Crippen LogP contribution is -2.14. The summed E-state index contributed by atoms with van der Waals surface area (Å²) in [7, 11) is -3.53. The minimum Gasteiger partial charge on any atom is -0.272 e. The first-order valence-electron chi connectivity index (χ1n) is 7.86. The highest BCUT2D eigenvalue weighted by Crippen LogP contribution is 2.26. The first-order chi connectivity index (χ1) is 11.6. The van der Waals surface area contributed by atoms with E-state index in [1.807, 2.05) is 6.07 Å². The van der Waals surface area contributed by atoms with Gasteiger partial charge < -0.3 is 0 Å². The highest BCUT2D eigenvalue weighted by atomic mass is 32.2. The topological polar surface area (TPSA) is 93.5 Å². The summed E-state index contributed by atoms with van der Waals surface area (Å²) in [6.07, 6.45) is 6.68. The van der Waals surface area contributed by atoms with Crippen molar-refractivity contribution in [3.63, 3.8) is 0 Å². The number of benzene rings is 1. The fourth-order valence-corrected chi connectivity index (χ4v) is 4.00. The monoisotopic (exact) mass is 343 g/mol. The van der Waals surface area contributed by atoms with E-state index < -0.39 is 9.84 Å². The van der Waals surface area contributed by atoms with E-state index in [1.54, 1.807) is 23.1 Å². The molecule has 2 aromatic heterocycles. The third-order valence-corrected chi connectivity index (χ3v) is 5.76. The summed E-state index contributed by atoms with van der Waals surface area (Å²) in [5.41, 5.74) is 3.52. The predicted molar refractivity (Wildman–Crippen MR) is 88.1 cm³/mol. The van der Waals surface area contributed by atoms with E-state index in [4.69, 9.17) is 0 Å². The van der Waals surface area contributed by atoms with Gasteiger partial charge in [0.05, 0.1) is 12.3 Å². The second-order valence-corrected chi connectivity index (χ2v) is 7.91. The van der Waals surface area contributed by atoms with Crippen LogP contribution in [0, 0.1) is 0 Å². The molecule has 4 rings (SSSR count). The lowest BCUT2D eigenvalue weighted by atomic mass is 10.1. The van der Waals surface area contributed by atoms with Crippen LogP contribution in [0.1, 0.15) is 17.5 Å². The van der Waals surface area contributed by atoms with E-state index in [-0.39, 0.29) is 17.5 Å². The molecule has 0 atom stereocenters. The van der Waals surface area contributed by atoms with Crippen molar-refractivity contribution >= 4 is 9.84 Å². The molecule has 0 aliphatic heterocycles. The van der Waals surface area contributed by atoms with Crippen LogP contribution in [0.4, 0.5) is 0 Å². The number of fused-ring (bicyclic) bond motifs is 1. The van der Waals surface area contributed by atoms with E-state index in [0.29, 0.717) is 5.82 Å². The highest BCUT2D eigenvalue weighted by Gasteiger charge is 2.21. The molecule has 0 radical (unpaired) electrons. The van der Waals surface area contributed by atoms with Crippen molar-refractivity contribution in [2.24, 2.45) is 0 Å². The Morgan fingerprint density at radius 2 is 2.08 bits per heavy atom. The summed E-state index contributed by atoms with van der Waals surface area (Å²) in [6, 6.07) is 7.85. The summed E-state index contributed by atoms with van der Waals surface area (Å²) in [5.74, 6) is 0.343. The van der Waals surface area contributed by atoms with Gasteiger partial charge in [-0.1, -0.05) is 12.1 Å². The Labute approximate surface area is 139 Å². The Balaban J connectivity index is 1.55. The van der Waals surface area contributed by atoms with Gasteiger partial charge in [0.1, 0.15) is 0 Å². The van der Waals surface area contributed by atoms with Crippen LogP contribution >= 0.6 is 0 Å². The van der Waals surface area contributed by atoms with Crippen LogP contribution < -0.4 is 0 Å². The Morgan fingerprint density at radius 3 is 2.92 bits per heavy atom. The van der Waals surface area contributed by atoms with Gasteiger partial charge in [0.15, 0.2) is 5.82 Å². The molecular formula is C16H17N5O2S. The number of rotatable bonds is 5. The van der Waals surface area contributed by atoms with Crippen LogP contribution in [0.2, 0.25) is 0 Å². The van der Waals surface area contributed by atoms with Crippen molar-refractivity contribution in [3.8, 4) is 11.4 Å². The summed E-state index contributed by atoms with van der Waals surface area (Å²) < 4.78 is 26.3. The molecule has 0 saturated carbocycles. The molecule has 1 N–H and O–H groups in total. The smallest absolute Gasteiger partial charge is 0.243 e. The molecule has 24 heavy (non-hydrogen) atoms. The van der Waals surface area contributed by atoms with Gasteiger partial charge in [-0.25, -0.2) is 13.5 Å². The number of hydrogen-bond acceptors (Lipinski definition) is 5. The van der Waals surface area contributed by atoms with Crippen molar-refractivity contribution < 1.29 is 8.42 Å². The number of aromatic nitrogens is 5. The third kappa shape index (κ3) is 2.84. The first kappa shape index (κ1) is 15.1. The molecule has 0 spiro atoms. The predicted octanol–water partition coefficient (Wildman–Crippen LogP) is 1.63. The van der Waals surface area contributed by atoms with Gasteiger partial charge in [0, 0.05) is 18.0 Å². The number of hydrogen-bond donors (Lipinski definition) is 1. The third-order valence-electron chi connectivity index (χ3n) is 4.26. The Morgan fingerprint density at radius 1 is 1.21 bits per heavy atom. The average molecular weight is 343 g/mol. The van der Waals surface area contributed by atoms with Gasteiger partial charge in [0.25, 0.3) is 0 Å². The van der Waals surface area contributed by atoms with Crippen LogP contribution in [-0.2, 0) is 29.2 Å². The normalized spacial score (nSPS) is 14.0. The first-order valence-corrected chi connectivity index (χ1v) is 9.52. The zero-order valence-electron chi connectivity index (χ0n) is 13.0.